The molecule has 6 heteroatoms. The van der Waals surface area contributed by atoms with Gasteiger partial charge >= 0.3 is 0 Å². The molecule has 0 radical (unpaired) electrons. The van der Waals surface area contributed by atoms with Crippen LogP contribution in [0.25, 0.3) is 0 Å². The standard InChI is InChI=1S/C27H35N3O3/c1-18(2)17-28-26(32)24(29-25(31)22-9-5-19(3)6-10-22)21-13-15-30(16-14-21)27(33)23-11-7-20(4)8-12-23/h5-12,18,21,24H,13-17H2,1-4H3,(H,28,32)(H,29,31). The van der Waals surface area contributed by atoms with E-state index in [1.807, 2.05) is 69.0 Å². The van der Waals surface area contributed by atoms with Crippen LogP contribution in [0.4, 0.5) is 0 Å². The zero-order valence-electron chi connectivity index (χ0n) is 20.1. The van der Waals surface area contributed by atoms with Crippen LogP contribution in [0.1, 0.15) is 58.5 Å². The molecular formula is C27H35N3O3. The lowest BCUT2D eigenvalue weighted by atomic mass is 9.88. The molecule has 1 aliphatic heterocycles. The number of nitrogens with zero attached hydrogens (tertiary/aromatic N) is 1. The molecule has 2 aromatic carbocycles. The van der Waals surface area contributed by atoms with Crippen LogP contribution < -0.4 is 10.6 Å². The van der Waals surface area contributed by atoms with Crippen LogP contribution in [0.2, 0.25) is 0 Å². The van der Waals surface area contributed by atoms with Gasteiger partial charge in [-0.1, -0.05) is 49.2 Å². The minimum absolute atomic E-state index is 0.0120. The molecule has 0 aromatic heterocycles. The smallest absolute Gasteiger partial charge is 0.253 e. The number of hydrogen-bond donors (Lipinski definition) is 2. The van der Waals surface area contributed by atoms with Gasteiger partial charge in [0, 0.05) is 30.8 Å². The van der Waals surface area contributed by atoms with Gasteiger partial charge in [-0.25, -0.2) is 0 Å². The number of benzene rings is 2. The van der Waals surface area contributed by atoms with Crippen LogP contribution in [0.15, 0.2) is 48.5 Å². The Morgan fingerprint density at radius 2 is 1.39 bits per heavy atom. The molecule has 1 aliphatic rings. The molecule has 0 aliphatic carbocycles. The van der Waals surface area contributed by atoms with Gasteiger partial charge in [-0.2, -0.15) is 0 Å². The van der Waals surface area contributed by atoms with Crippen molar-refractivity contribution < 1.29 is 14.4 Å². The van der Waals surface area contributed by atoms with Crippen molar-refractivity contribution in [3.63, 3.8) is 0 Å². The lowest BCUT2D eigenvalue weighted by Gasteiger charge is -2.36. The normalized spacial score (nSPS) is 15.2. The first-order valence-corrected chi connectivity index (χ1v) is 11.8. The maximum Gasteiger partial charge on any atom is 0.253 e. The molecule has 0 spiro atoms. The second kappa shape index (κ2) is 11.1. The van der Waals surface area contributed by atoms with Gasteiger partial charge < -0.3 is 15.5 Å². The third-order valence-corrected chi connectivity index (χ3v) is 6.16. The quantitative estimate of drug-likeness (QED) is 0.676. The number of amides is 3. The first-order chi connectivity index (χ1) is 15.7. The Morgan fingerprint density at radius 1 is 0.879 bits per heavy atom. The fourth-order valence-corrected chi connectivity index (χ4v) is 4.06. The molecule has 2 aromatic rings. The Kier molecular flexibility index (Phi) is 8.26. The van der Waals surface area contributed by atoms with Crippen molar-refractivity contribution in [2.24, 2.45) is 11.8 Å². The predicted octanol–water partition coefficient (Wildman–Crippen LogP) is 3.73. The molecule has 1 atom stereocenters. The van der Waals surface area contributed by atoms with Crippen LogP contribution >= 0.6 is 0 Å². The summed E-state index contributed by atoms with van der Waals surface area (Å²) in [7, 11) is 0. The summed E-state index contributed by atoms with van der Waals surface area (Å²) in [6.45, 7) is 9.72. The average Bonchev–Trinajstić information content (AvgIpc) is 2.81. The number of aryl methyl sites for hydroxylation is 2. The first-order valence-electron chi connectivity index (χ1n) is 11.8. The maximum atomic E-state index is 13.0. The Bertz CT molecular complexity index is 959. The number of carbonyl (C=O) groups is 3. The number of likely N-dealkylation sites (tertiary alicyclic amines) is 1. The van der Waals surface area contributed by atoms with Gasteiger partial charge in [-0.05, 0) is 62.8 Å². The molecule has 1 unspecified atom stereocenters. The fraction of sp³-hybridized carbons (Fsp3) is 0.444. The van der Waals surface area contributed by atoms with Crippen molar-refractivity contribution in [3.8, 4) is 0 Å². The zero-order valence-corrected chi connectivity index (χ0v) is 20.1. The molecular weight excluding hydrogens is 414 g/mol. The molecule has 1 saturated heterocycles. The topological polar surface area (TPSA) is 78.5 Å². The van der Waals surface area contributed by atoms with Gasteiger partial charge in [0.05, 0.1) is 0 Å². The van der Waals surface area contributed by atoms with Crippen LogP contribution in [0.3, 0.4) is 0 Å². The Labute approximate surface area is 196 Å². The van der Waals surface area contributed by atoms with Crippen LogP contribution in [-0.4, -0.2) is 48.3 Å². The van der Waals surface area contributed by atoms with Gasteiger partial charge in [0.1, 0.15) is 6.04 Å². The van der Waals surface area contributed by atoms with Gasteiger partial charge in [0.2, 0.25) is 5.91 Å². The van der Waals surface area contributed by atoms with E-state index in [9.17, 15) is 14.4 Å². The van der Waals surface area contributed by atoms with E-state index in [0.717, 1.165) is 11.1 Å². The second-order valence-electron chi connectivity index (χ2n) is 9.45. The van der Waals surface area contributed by atoms with Crippen molar-refractivity contribution in [1.82, 2.24) is 15.5 Å². The summed E-state index contributed by atoms with van der Waals surface area (Å²) in [5, 5.41) is 5.95. The highest BCUT2D eigenvalue weighted by Crippen LogP contribution is 2.23. The molecule has 3 amide bonds. The summed E-state index contributed by atoms with van der Waals surface area (Å²) in [5.41, 5.74) is 3.40. The highest BCUT2D eigenvalue weighted by molar-refractivity contribution is 5.97. The minimum Gasteiger partial charge on any atom is -0.354 e. The summed E-state index contributed by atoms with van der Waals surface area (Å²) in [4.78, 5) is 40.6. The van der Waals surface area contributed by atoms with E-state index < -0.39 is 6.04 Å². The van der Waals surface area contributed by atoms with Crippen molar-refractivity contribution in [1.29, 1.82) is 0 Å². The Balaban J connectivity index is 1.68. The van der Waals surface area contributed by atoms with E-state index in [1.54, 1.807) is 12.1 Å². The number of carbonyl (C=O) groups excluding carboxylic acids is 3. The zero-order chi connectivity index (χ0) is 24.0. The van der Waals surface area contributed by atoms with Crippen molar-refractivity contribution in [3.05, 3.63) is 70.8 Å². The van der Waals surface area contributed by atoms with Crippen LogP contribution in [0.5, 0.6) is 0 Å². The SMILES string of the molecule is Cc1ccc(C(=O)NC(C(=O)NCC(C)C)C2CCN(C(=O)c3ccc(C)cc3)CC2)cc1. The minimum atomic E-state index is -0.630. The van der Waals surface area contributed by atoms with Gasteiger partial charge in [-0.15, -0.1) is 0 Å². The highest BCUT2D eigenvalue weighted by atomic mass is 16.2. The lowest BCUT2D eigenvalue weighted by molar-refractivity contribution is -0.124. The molecule has 0 saturated carbocycles. The monoisotopic (exact) mass is 449 g/mol. The van der Waals surface area contributed by atoms with Crippen molar-refractivity contribution in [2.45, 2.75) is 46.6 Å². The summed E-state index contributed by atoms with van der Waals surface area (Å²) in [5.74, 6) is -0.117. The molecule has 33 heavy (non-hydrogen) atoms. The fourth-order valence-electron chi connectivity index (χ4n) is 4.06. The van der Waals surface area contributed by atoms with E-state index >= 15 is 0 Å². The van der Waals surface area contributed by atoms with Gasteiger partial charge in [0.15, 0.2) is 0 Å². The van der Waals surface area contributed by atoms with E-state index in [2.05, 4.69) is 10.6 Å². The first kappa shape index (κ1) is 24.5. The van der Waals surface area contributed by atoms with Crippen molar-refractivity contribution >= 4 is 17.7 Å². The molecule has 3 rings (SSSR count). The van der Waals surface area contributed by atoms with Crippen molar-refractivity contribution in [2.75, 3.05) is 19.6 Å². The van der Waals surface area contributed by atoms with E-state index in [1.165, 1.54) is 0 Å². The number of nitrogens with one attached hydrogen (secondary N) is 2. The van der Waals surface area contributed by atoms with E-state index in [-0.39, 0.29) is 23.6 Å². The molecule has 6 nitrogen and oxygen atoms in total. The van der Waals surface area contributed by atoms with Gasteiger partial charge in [-0.3, -0.25) is 14.4 Å². The second-order valence-corrected chi connectivity index (χ2v) is 9.45. The van der Waals surface area contributed by atoms with E-state index in [4.69, 9.17) is 0 Å². The van der Waals surface area contributed by atoms with Crippen LogP contribution in [-0.2, 0) is 4.79 Å². The highest BCUT2D eigenvalue weighted by Gasteiger charge is 2.34. The average molecular weight is 450 g/mol. The maximum absolute atomic E-state index is 13.0. The summed E-state index contributed by atoms with van der Waals surface area (Å²) < 4.78 is 0. The summed E-state index contributed by atoms with van der Waals surface area (Å²) >= 11 is 0. The summed E-state index contributed by atoms with van der Waals surface area (Å²) in [6.07, 6.45) is 1.32. The molecule has 1 fully saturated rings. The number of piperidine rings is 1. The summed E-state index contributed by atoms with van der Waals surface area (Å²) in [6, 6.07) is 14.3. The van der Waals surface area contributed by atoms with Crippen LogP contribution in [0, 0.1) is 25.7 Å². The largest absolute Gasteiger partial charge is 0.354 e. The van der Waals surface area contributed by atoms with E-state index in [0.29, 0.717) is 49.5 Å². The van der Waals surface area contributed by atoms with Gasteiger partial charge in [0.25, 0.3) is 11.8 Å². The Morgan fingerprint density at radius 3 is 1.91 bits per heavy atom. The molecule has 1 heterocycles. The number of hydrogen-bond acceptors (Lipinski definition) is 3. The molecule has 176 valence electrons. The Hall–Kier alpha value is -3.15. The molecule has 2 N–H and O–H groups in total. The molecule has 0 bridgehead atoms. The number of rotatable bonds is 7. The predicted molar refractivity (Wildman–Crippen MR) is 130 cm³/mol. The lowest BCUT2D eigenvalue weighted by Crippen LogP contribution is -2.54. The third-order valence-electron chi connectivity index (χ3n) is 6.16. The third kappa shape index (κ3) is 6.67.